The van der Waals surface area contributed by atoms with Crippen LogP contribution in [0.25, 0.3) is 0 Å². The maximum absolute atomic E-state index is 11.3. The first-order chi connectivity index (χ1) is 6.60. The van der Waals surface area contributed by atoms with Crippen LogP contribution in [0.5, 0.6) is 0 Å². The summed E-state index contributed by atoms with van der Waals surface area (Å²) in [5, 5.41) is 9.05. The van der Waals surface area contributed by atoms with Crippen molar-refractivity contribution < 1.29 is 14.6 Å². The zero-order valence-corrected chi connectivity index (χ0v) is 9.59. The average molecular weight is 259 g/mol. The molecule has 4 heteroatoms. The van der Waals surface area contributed by atoms with E-state index >= 15 is 0 Å². The van der Waals surface area contributed by atoms with E-state index in [0.29, 0.717) is 5.56 Å². The molecule has 0 saturated heterocycles. The first-order valence-electron chi connectivity index (χ1n) is 4.08. The first kappa shape index (κ1) is 11.2. The second kappa shape index (κ2) is 4.57. The second-order valence-corrected chi connectivity index (χ2v) is 3.80. The summed E-state index contributed by atoms with van der Waals surface area (Å²) < 4.78 is 5.39. The van der Waals surface area contributed by atoms with Crippen molar-refractivity contribution in [3.8, 4) is 0 Å². The normalized spacial score (nSPS) is 10.0. The molecule has 1 rings (SSSR count). The molecule has 0 saturated carbocycles. The summed E-state index contributed by atoms with van der Waals surface area (Å²) >= 11 is 3.27. The van der Waals surface area contributed by atoms with E-state index < -0.39 is 5.97 Å². The molecule has 1 aromatic rings. The van der Waals surface area contributed by atoms with Crippen molar-refractivity contribution in [1.82, 2.24) is 0 Å². The van der Waals surface area contributed by atoms with Gasteiger partial charge in [-0.2, -0.15) is 0 Å². The minimum atomic E-state index is -0.390. The Hall–Kier alpha value is -0.870. The fourth-order valence-electron chi connectivity index (χ4n) is 1.22. The van der Waals surface area contributed by atoms with Gasteiger partial charge in [-0.3, -0.25) is 0 Å². The lowest BCUT2D eigenvalue weighted by molar-refractivity contribution is 0.0599. The lowest BCUT2D eigenvalue weighted by Crippen LogP contribution is -2.06. The van der Waals surface area contributed by atoms with Gasteiger partial charge in [-0.1, -0.05) is 15.9 Å². The van der Waals surface area contributed by atoms with Crippen LogP contribution in [0.2, 0.25) is 0 Å². The minimum absolute atomic E-state index is 0.0880. The Kier molecular flexibility index (Phi) is 3.66. The van der Waals surface area contributed by atoms with Crippen LogP contribution in [0.3, 0.4) is 0 Å². The molecule has 76 valence electrons. The molecule has 1 aromatic carbocycles. The number of rotatable bonds is 2. The Bertz CT molecular complexity index is 361. The van der Waals surface area contributed by atoms with E-state index in [1.54, 1.807) is 19.1 Å². The molecule has 0 spiro atoms. The Labute approximate surface area is 90.8 Å². The lowest BCUT2D eigenvalue weighted by Gasteiger charge is -2.08. The minimum Gasteiger partial charge on any atom is -0.465 e. The summed E-state index contributed by atoms with van der Waals surface area (Å²) in [7, 11) is 1.33. The molecule has 14 heavy (non-hydrogen) atoms. The molecule has 0 bridgehead atoms. The number of methoxy groups -OCH3 is 1. The van der Waals surface area contributed by atoms with Gasteiger partial charge in [0, 0.05) is 4.47 Å². The Morgan fingerprint density at radius 3 is 2.71 bits per heavy atom. The lowest BCUT2D eigenvalue weighted by atomic mass is 10.0. The number of benzene rings is 1. The number of carbonyl (C=O) groups is 1. The predicted octanol–water partition coefficient (Wildman–Crippen LogP) is 2.04. The van der Waals surface area contributed by atoms with Crippen LogP contribution in [0.15, 0.2) is 16.6 Å². The topological polar surface area (TPSA) is 46.5 Å². The third kappa shape index (κ3) is 2.13. The highest BCUT2D eigenvalue weighted by Gasteiger charge is 2.12. The highest BCUT2D eigenvalue weighted by atomic mass is 79.9. The molecule has 0 aliphatic rings. The van der Waals surface area contributed by atoms with Crippen LogP contribution in [0.1, 0.15) is 21.5 Å². The summed E-state index contributed by atoms with van der Waals surface area (Å²) in [6.07, 6.45) is 0. The van der Waals surface area contributed by atoms with Crippen molar-refractivity contribution in [1.29, 1.82) is 0 Å². The summed E-state index contributed by atoms with van der Waals surface area (Å²) in [6, 6.07) is 3.46. The number of esters is 1. The Morgan fingerprint density at radius 2 is 2.21 bits per heavy atom. The zero-order chi connectivity index (χ0) is 10.7. The van der Waals surface area contributed by atoms with Crippen molar-refractivity contribution in [3.05, 3.63) is 33.3 Å². The largest absolute Gasteiger partial charge is 0.465 e. The van der Waals surface area contributed by atoms with Gasteiger partial charge in [0.2, 0.25) is 0 Å². The summed E-state index contributed by atoms with van der Waals surface area (Å²) in [6.45, 7) is 1.69. The molecule has 1 N–H and O–H groups in total. The molecular weight excluding hydrogens is 248 g/mol. The van der Waals surface area contributed by atoms with Gasteiger partial charge in [0.05, 0.1) is 19.3 Å². The van der Waals surface area contributed by atoms with Gasteiger partial charge >= 0.3 is 5.97 Å². The van der Waals surface area contributed by atoms with E-state index in [9.17, 15) is 4.79 Å². The number of aliphatic hydroxyl groups excluding tert-OH is 1. The standard InChI is InChI=1S/C10H11BrO3/c1-6-7(5-12)3-8(11)4-9(6)10(13)14-2/h3-4,12H,5H2,1-2H3. The SMILES string of the molecule is COC(=O)c1cc(Br)cc(CO)c1C. The van der Waals surface area contributed by atoms with Crippen molar-refractivity contribution in [2.24, 2.45) is 0 Å². The van der Waals surface area contributed by atoms with Gasteiger partial charge in [0.1, 0.15) is 0 Å². The molecule has 0 atom stereocenters. The predicted molar refractivity (Wildman–Crippen MR) is 56.1 cm³/mol. The number of carbonyl (C=O) groups excluding carboxylic acids is 1. The van der Waals surface area contributed by atoms with Crippen LogP contribution < -0.4 is 0 Å². The molecule has 0 aromatic heterocycles. The zero-order valence-electron chi connectivity index (χ0n) is 8.00. The molecule has 0 aliphatic carbocycles. The molecule has 0 radical (unpaired) electrons. The van der Waals surface area contributed by atoms with Gasteiger partial charge in [-0.15, -0.1) is 0 Å². The van der Waals surface area contributed by atoms with Crippen molar-refractivity contribution in [2.45, 2.75) is 13.5 Å². The third-order valence-electron chi connectivity index (χ3n) is 2.06. The van der Waals surface area contributed by atoms with Gasteiger partial charge < -0.3 is 9.84 Å². The molecule has 0 heterocycles. The summed E-state index contributed by atoms with van der Waals surface area (Å²) in [4.78, 5) is 11.3. The Morgan fingerprint density at radius 1 is 1.57 bits per heavy atom. The number of hydrogen-bond acceptors (Lipinski definition) is 3. The van der Waals surface area contributed by atoms with E-state index in [4.69, 9.17) is 5.11 Å². The molecule has 0 aliphatic heterocycles. The van der Waals surface area contributed by atoms with Gasteiger partial charge in [-0.25, -0.2) is 4.79 Å². The van der Waals surface area contributed by atoms with E-state index in [2.05, 4.69) is 20.7 Å². The summed E-state index contributed by atoms with van der Waals surface area (Å²) in [5.74, 6) is -0.390. The smallest absolute Gasteiger partial charge is 0.338 e. The van der Waals surface area contributed by atoms with Gasteiger partial charge in [0.15, 0.2) is 0 Å². The van der Waals surface area contributed by atoms with E-state index in [1.807, 2.05) is 0 Å². The van der Waals surface area contributed by atoms with Crippen LogP contribution in [-0.4, -0.2) is 18.2 Å². The van der Waals surface area contributed by atoms with Crippen LogP contribution in [-0.2, 0) is 11.3 Å². The van der Waals surface area contributed by atoms with Crippen LogP contribution in [0, 0.1) is 6.92 Å². The van der Waals surface area contributed by atoms with Gasteiger partial charge in [-0.05, 0) is 30.2 Å². The Balaban J connectivity index is 3.29. The molecular formula is C10H11BrO3. The molecule has 3 nitrogen and oxygen atoms in total. The van der Waals surface area contributed by atoms with Gasteiger partial charge in [0.25, 0.3) is 0 Å². The van der Waals surface area contributed by atoms with Crippen molar-refractivity contribution >= 4 is 21.9 Å². The third-order valence-corrected chi connectivity index (χ3v) is 2.51. The van der Waals surface area contributed by atoms with Crippen molar-refractivity contribution in [3.63, 3.8) is 0 Å². The number of ether oxygens (including phenoxy) is 1. The molecule has 0 unspecified atom stereocenters. The van der Waals surface area contributed by atoms with E-state index in [0.717, 1.165) is 15.6 Å². The maximum Gasteiger partial charge on any atom is 0.338 e. The number of halogens is 1. The molecule has 0 amide bonds. The highest BCUT2D eigenvalue weighted by molar-refractivity contribution is 9.10. The monoisotopic (exact) mass is 258 g/mol. The maximum atomic E-state index is 11.3. The average Bonchev–Trinajstić information content (AvgIpc) is 2.19. The van der Waals surface area contributed by atoms with Crippen molar-refractivity contribution in [2.75, 3.05) is 7.11 Å². The van der Waals surface area contributed by atoms with Crippen LogP contribution >= 0.6 is 15.9 Å². The van der Waals surface area contributed by atoms with Crippen LogP contribution in [0.4, 0.5) is 0 Å². The fraction of sp³-hybridized carbons (Fsp3) is 0.300. The number of hydrogen-bond donors (Lipinski definition) is 1. The highest BCUT2D eigenvalue weighted by Crippen LogP contribution is 2.21. The van der Waals surface area contributed by atoms with E-state index in [1.165, 1.54) is 7.11 Å². The second-order valence-electron chi connectivity index (χ2n) is 2.89. The first-order valence-corrected chi connectivity index (χ1v) is 4.87. The fourth-order valence-corrected chi connectivity index (χ4v) is 1.73. The van der Waals surface area contributed by atoms with E-state index in [-0.39, 0.29) is 6.61 Å². The quantitative estimate of drug-likeness (QED) is 0.826. The molecule has 0 fully saturated rings. The summed E-state index contributed by atoms with van der Waals surface area (Å²) in [5.41, 5.74) is 1.95. The number of aliphatic hydroxyl groups is 1.